The molecule has 4 rings (SSSR count). The van der Waals surface area contributed by atoms with Crippen LogP contribution in [0.25, 0.3) is 11.3 Å². The molecule has 0 radical (unpaired) electrons. The smallest absolute Gasteiger partial charge is 0.281 e. The van der Waals surface area contributed by atoms with Crippen LogP contribution < -0.4 is 20.1 Å². The van der Waals surface area contributed by atoms with Gasteiger partial charge < -0.3 is 15.4 Å². The first-order chi connectivity index (χ1) is 16.6. The highest BCUT2D eigenvalue weighted by Gasteiger charge is 2.28. The first-order valence-corrected chi connectivity index (χ1v) is 12.8. The van der Waals surface area contributed by atoms with Crippen molar-refractivity contribution in [3.05, 3.63) is 54.2 Å². The van der Waals surface area contributed by atoms with E-state index in [1.807, 2.05) is 24.8 Å². The summed E-state index contributed by atoms with van der Waals surface area (Å²) >= 11 is 0. The number of hydrogen-bond donors (Lipinski definition) is 2. The van der Waals surface area contributed by atoms with Gasteiger partial charge in [-0.1, -0.05) is 13.0 Å². The quantitative estimate of drug-likeness (QED) is 0.505. The standard InChI is InChI=1S/C24H28N6O4S/c1-15(2)34-21-10-7-17(13-26-21)19-9-8-18(23(27-19)30-12-11-16(3)14-30)24(31)29-35(32,33)22-6-4-5-20(25)28-22/h4-10,13,15-16H,11-12,14H2,1-3H3,(H2,25,28)(H,29,31)/t16-/m0/s1. The lowest BCUT2D eigenvalue weighted by atomic mass is 10.1. The van der Waals surface area contributed by atoms with Crippen molar-refractivity contribution >= 4 is 27.6 Å². The second kappa shape index (κ2) is 9.87. The van der Waals surface area contributed by atoms with Crippen LogP contribution >= 0.6 is 0 Å². The molecule has 3 aromatic heterocycles. The number of nitrogens with two attached hydrogens (primary N) is 1. The molecule has 1 fully saturated rings. The fourth-order valence-corrected chi connectivity index (χ4v) is 4.75. The summed E-state index contributed by atoms with van der Waals surface area (Å²) in [6, 6.07) is 11.1. The molecule has 10 nitrogen and oxygen atoms in total. The number of nitrogen functional groups attached to an aromatic ring is 1. The molecule has 1 aliphatic heterocycles. The molecule has 0 saturated carbocycles. The van der Waals surface area contributed by atoms with E-state index in [2.05, 4.69) is 21.6 Å². The molecule has 0 spiro atoms. The Hall–Kier alpha value is -3.73. The van der Waals surface area contributed by atoms with Crippen LogP contribution in [0.5, 0.6) is 5.88 Å². The molecule has 0 aliphatic carbocycles. The largest absolute Gasteiger partial charge is 0.475 e. The number of nitrogens with one attached hydrogen (secondary N) is 1. The minimum atomic E-state index is -4.22. The fraction of sp³-hybridized carbons (Fsp3) is 0.333. The van der Waals surface area contributed by atoms with E-state index >= 15 is 0 Å². The summed E-state index contributed by atoms with van der Waals surface area (Å²) in [5.74, 6) is 0.597. The molecule has 1 saturated heterocycles. The van der Waals surface area contributed by atoms with Gasteiger partial charge in [-0.2, -0.15) is 8.42 Å². The number of carbonyl (C=O) groups is 1. The fourth-order valence-electron chi connectivity index (χ4n) is 3.81. The van der Waals surface area contributed by atoms with Crippen LogP contribution in [0.4, 0.5) is 11.6 Å². The summed E-state index contributed by atoms with van der Waals surface area (Å²) in [6.45, 7) is 7.39. The summed E-state index contributed by atoms with van der Waals surface area (Å²) in [5, 5.41) is -0.332. The Labute approximate surface area is 204 Å². The first-order valence-electron chi connectivity index (χ1n) is 11.3. The number of sulfonamides is 1. The molecule has 35 heavy (non-hydrogen) atoms. The predicted molar refractivity (Wildman–Crippen MR) is 133 cm³/mol. The van der Waals surface area contributed by atoms with Crippen LogP contribution in [0.2, 0.25) is 0 Å². The monoisotopic (exact) mass is 496 g/mol. The molecule has 0 bridgehead atoms. The number of carbonyl (C=O) groups excluding carboxylic acids is 1. The zero-order valence-corrected chi connectivity index (χ0v) is 20.6. The molecule has 184 valence electrons. The van der Waals surface area contributed by atoms with Crippen molar-refractivity contribution in [1.82, 2.24) is 19.7 Å². The molecule has 1 atom stereocenters. The summed E-state index contributed by atoms with van der Waals surface area (Å²) in [7, 11) is -4.22. The van der Waals surface area contributed by atoms with Gasteiger partial charge in [0.25, 0.3) is 15.9 Å². The molecule has 11 heteroatoms. The van der Waals surface area contributed by atoms with Gasteiger partial charge in [-0.05, 0) is 56.5 Å². The Bertz CT molecular complexity index is 1330. The Morgan fingerprint density at radius 2 is 1.97 bits per heavy atom. The van der Waals surface area contributed by atoms with E-state index in [4.69, 9.17) is 15.5 Å². The second-order valence-corrected chi connectivity index (χ2v) is 10.4. The number of rotatable bonds is 7. The molecule has 1 aliphatic rings. The average molecular weight is 497 g/mol. The van der Waals surface area contributed by atoms with Crippen molar-refractivity contribution < 1.29 is 17.9 Å². The van der Waals surface area contributed by atoms with Crippen LogP contribution in [-0.4, -0.2) is 48.5 Å². The maximum Gasteiger partial charge on any atom is 0.281 e. The molecule has 4 heterocycles. The number of ether oxygens (including phenoxy) is 1. The van der Waals surface area contributed by atoms with Crippen LogP contribution in [0.1, 0.15) is 37.6 Å². The van der Waals surface area contributed by atoms with Gasteiger partial charge in [-0.15, -0.1) is 0 Å². The van der Waals surface area contributed by atoms with E-state index < -0.39 is 15.9 Å². The maximum atomic E-state index is 13.1. The lowest BCUT2D eigenvalue weighted by molar-refractivity contribution is 0.0981. The molecule has 0 aromatic carbocycles. The number of amides is 1. The molecule has 3 N–H and O–H groups in total. The molecule has 1 amide bonds. The van der Waals surface area contributed by atoms with Gasteiger partial charge >= 0.3 is 0 Å². The van der Waals surface area contributed by atoms with Gasteiger partial charge in [0.15, 0.2) is 5.03 Å². The minimum Gasteiger partial charge on any atom is -0.475 e. The highest BCUT2D eigenvalue weighted by atomic mass is 32.2. The highest BCUT2D eigenvalue weighted by Crippen LogP contribution is 2.29. The second-order valence-electron chi connectivity index (χ2n) is 8.79. The summed E-state index contributed by atoms with van der Waals surface area (Å²) in [4.78, 5) is 28.0. The normalized spacial score (nSPS) is 15.9. The summed E-state index contributed by atoms with van der Waals surface area (Å²) in [5.41, 5.74) is 7.12. The van der Waals surface area contributed by atoms with Crippen molar-refractivity contribution in [2.75, 3.05) is 23.7 Å². The van der Waals surface area contributed by atoms with E-state index in [9.17, 15) is 13.2 Å². The summed E-state index contributed by atoms with van der Waals surface area (Å²) < 4.78 is 33.2. The van der Waals surface area contributed by atoms with Gasteiger partial charge in [-0.3, -0.25) is 4.79 Å². The van der Waals surface area contributed by atoms with E-state index in [0.717, 1.165) is 12.0 Å². The zero-order valence-electron chi connectivity index (χ0n) is 19.8. The van der Waals surface area contributed by atoms with Crippen molar-refractivity contribution in [2.24, 2.45) is 5.92 Å². The molecular weight excluding hydrogens is 468 g/mol. The molecule has 0 unspecified atom stereocenters. The van der Waals surface area contributed by atoms with Gasteiger partial charge in [0.1, 0.15) is 11.6 Å². The average Bonchev–Trinajstić information content (AvgIpc) is 3.25. The number of nitrogens with zero attached hydrogens (tertiary/aromatic N) is 4. The Morgan fingerprint density at radius 3 is 2.60 bits per heavy atom. The third kappa shape index (κ3) is 5.68. The van der Waals surface area contributed by atoms with E-state index in [1.54, 1.807) is 24.4 Å². The Balaban J connectivity index is 1.67. The Morgan fingerprint density at radius 1 is 1.17 bits per heavy atom. The Kier molecular flexibility index (Phi) is 6.88. The lowest BCUT2D eigenvalue weighted by Crippen LogP contribution is -2.33. The number of aromatic nitrogens is 3. The van der Waals surface area contributed by atoms with Crippen LogP contribution in [0, 0.1) is 5.92 Å². The topological polar surface area (TPSA) is 140 Å². The predicted octanol–water partition coefficient (Wildman–Crippen LogP) is 2.87. The van der Waals surface area contributed by atoms with E-state index in [-0.39, 0.29) is 22.5 Å². The van der Waals surface area contributed by atoms with Gasteiger partial charge in [-0.25, -0.2) is 19.7 Å². The molecule has 3 aromatic rings. The number of pyridine rings is 3. The first kappa shape index (κ1) is 24.4. The van der Waals surface area contributed by atoms with Crippen molar-refractivity contribution in [3.8, 4) is 17.1 Å². The summed E-state index contributed by atoms with van der Waals surface area (Å²) in [6.07, 6.45) is 2.61. The third-order valence-corrected chi connectivity index (χ3v) is 6.71. The van der Waals surface area contributed by atoms with Crippen LogP contribution in [-0.2, 0) is 10.0 Å². The van der Waals surface area contributed by atoms with Crippen LogP contribution in [0.3, 0.4) is 0 Å². The van der Waals surface area contributed by atoms with E-state index in [1.165, 1.54) is 18.2 Å². The van der Waals surface area contributed by atoms with Gasteiger partial charge in [0, 0.05) is 30.9 Å². The van der Waals surface area contributed by atoms with E-state index in [0.29, 0.717) is 36.4 Å². The zero-order chi connectivity index (χ0) is 25.2. The third-order valence-electron chi connectivity index (χ3n) is 5.48. The SMILES string of the molecule is CC(C)Oc1ccc(-c2ccc(C(=O)NS(=O)(=O)c3cccc(N)n3)c(N3CC[C@H](C)C3)n2)cn1. The maximum absolute atomic E-state index is 13.1. The lowest BCUT2D eigenvalue weighted by Gasteiger charge is -2.21. The van der Waals surface area contributed by atoms with Crippen molar-refractivity contribution in [1.29, 1.82) is 0 Å². The minimum absolute atomic E-state index is 0.00633. The van der Waals surface area contributed by atoms with Gasteiger partial charge in [0.2, 0.25) is 5.88 Å². The highest BCUT2D eigenvalue weighted by molar-refractivity contribution is 7.90. The number of anilines is 2. The van der Waals surface area contributed by atoms with Crippen molar-refractivity contribution in [2.45, 2.75) is 38.3 Å². The van der Waals surface area contributed by atoms with Crippen molar-refractivity contribution in [3.63, 3.8) is 0 Å². The molecular formula is C24H28N6O4S. The van der Waals surface area contributed by atoms with Crippen LogP contribution in [0.15, 0.2) is 53.7 Å². The van der Waals surface area contributed by atoms with Gasteiger partial charge in [0.05, 0.1) is 17.4 Å². The number of hydrogen-bond acceptors (Lipinski definition) is 9.